The van der Waals surface area contributed by atoms with Crippen molar-refractivity contribution < 1.29 is 32.0 Å². The van der Waals surface area contributed by atoms with Crippen molar-refractivity contribution in [2.75, 3.05) is 13.1 Å². The number of hydrogen-bond donors (Lipinski definition) is 2. The molecular weight excluding hydrogens is 291 g/mol. The van der Waals surface area contributed by atoms with E-state index >= 15 is 0 Å². The first-order valence-corrected chi connectivity index (χ1v) is 1.82. The van der Waals surface area contributed by atoms with Gasteiger partial charge in [0.1, 0.15) is 0 Å². The van der Waals surface area contributed by atoms with E-state index in [0.29, 0.717) is 0 Å². The molecule has 0 saturated heterocycles. The van der Waals surface area contributed by atoms with Gasteiger partial charge in [-0.15, -0.1) is 0 Å². The molecule has 0 bridgehead atoms. The summed E-state index contributed by atoms with van der Waals surface area (Å²) in [7, 11) is 0. The van der Waals surface area contributed by atoms with Crippen LogP contribution in [0.25, 0.3) is 0 Å². The third kappa shape index (κ3) is 31.2. The molecule has 0 aliphatic carbocycles. The van der Waals surface area contributed by atoms with E-state index in [1.54, 1.807) is 0 Å². The normalized spacial score (nSPS) is 5.25. The van der Waals surface area contributed by atoms with Crippen molar-refractivity contribution in [3.8, 4) is 0 Å². The van der Waals surface area contributed by atoms with Gasteiger partial charge >= 0.3 is 0 Å². The molecule has 0 aliphatic heterocycles. The zero-order valence-electron chi connectivity index (χ0n) is 4.59. The van der Waals surface area contributed by atoms with Gasteiger partial charge in [0.25, 0.3) is 0 Å². The summed E-state index contributed by atoms with van der Waals surface area (Å²) in [6.45, 7) is 1.44. The first-order valence-electron chi connectivity index (χ1n) is 1.82. The first kappa shape index (κ1) is 23.6. The summed E-state index contributed by atoms with van der Waals surface area (Å²) in [5.74, 6) is 0. The largest absolute Gasteiger partial charge is 0.412 e. The Morgan fingerprint density at radius 3 is 1.12 bits per heavy atom. The van der Waals surface area contributed by atoms with Crippen LogP contribution in [0.15, 0.2) is 0 Å². The van der Waals surface area contributed by atoms with Crippen molar-refractivity contribution in [1.29, 1.82) is 0 Å². The molecule has 0 aromatic carbocycles. The Morgan fingerprint density at radius 1 is 0.875 bits per heavy atom. The van der Waals surface area contributed by atoms with Gasteiger partial charge in [0, 0.05) is 21.1 Å². The average Bonchev–Trinajstić information content (AvgIpc) is 1.41. The van der Waals surface area contributed by atoms with Crippen molar-refractivity contribution in [3.05, 3.63) is 0 Å². The van der Waals surface area contributed by atoms with Crippen LogP contribution in [0.5, 0.6) is 0 Å². The number of rotatable bonds is 2. The molecule has 58 valence electrons. The molecule has 0 radical (unpaired) electrons. The molecule has 0 rings (SSSR count). The van der Waals surface area contributed by atoms with Crippen LogP contribution in [-0.4, -0.2) is 24.0 Å². The van der Waals surface area contributed by atoms with Crippen molar-refractivity contribution in [2.24, 2.45) is 11.5 Å². The summed E-state index contributed by atoms with van der Waals surface area (Å²) >= 11 is 0. The summed E-state index contributed by atoms with van der Waals surface area (Å²) < 4.78 is 0. The quantitative estimate of drug-likeness (QED) is 0.594. The summed E-state index contributed by atoms with van der Waals surface area (Å²) in [5.41, 5.74) is 10.1. The molecule has 0 heterocycles. The summed E-state index contributed by atoms with van der Waals surface area (Å²) in [6.07, 6.45) is 0.944. The van der Waals surface area contributed by atoms with E-state index in [2.05, 4.69) is 0 Å². The Labute approximate surface area is 63.5 Å². The third-order valence-corrected chi connectivity index (χ3v) is 0.408. The molecule has 0 saturated carbocycles. The standard InChI is InChI=1S/C3H10N2.2H2O.Pt/c4-2-1-3-5;;;/h1-5H2;2*1H2;. The molecule has 0 aromatic heterocycles. The molecule has 0 spiro atoms. The van der Waals surface area contributed by atoms with Crippen LogP contribution in [0.1, 0.15) is 6.42 Å². The van der Waals surface area contributed by atoms with E-state index in [0.717, 1.165) is 19.5 Å². The minimum atomic E-state index is 0. The molecule has 0 atom stereocenters. The Hall–Kier alpha value is 0.528. The topological polar surface area (TPSA) is 115 Å². The van der Waals surface area contributed by atoms with Crippen molar-refractivity contribution >= 4 is 0 Å². The van der Waals surface area contributed by atoms with E-state index in [1.807, 2.05) is 0 Å². The second-order valence-electron chi connectivity index (χ2n) is 0.931. The third-order valence-electron chi connectivity index (χ3n) is 0.408. The number of hydrogen-bond acceptors (Lipinski definition) is 2. The Balaban J connectivity index is -0.0000000267. The van der Waals surface area contributed by atoms with E-state index in [-0.39, 0.29) is 32.0 Å². The molecule has 5 heteroatoms. The molecular formula is C3H14N2O2Pt. The first-order chi connectivity index (χ1) is 2.41. The Kier molecular flexibility index (Phi) is 75.9. The zero-order chi connectivity index (χ0) is 4.12. The average molecular weight is 305 g/mol. The molecule has 0 fully saturated rings. The van der Waals surface area contributed by atoms with Crippen molar-refractivity contribution in [1.82, 2.24) is 0 Å². The fraction of sp³-hybridized carbons (Fsp3) is 1.00. The SMILES string of the molecule is NCCCN.O.O.[Pt]. The van der Waals surface area contributed by atoms with Crippen LogP contribution in [-0.2, 0) is 21.1 Å². The van der Waals surface area contributed by atoms with Gasteiger partial charge in [-0.1, -0.05) is 0 Å². The van der Waals surface area contributed by atoms with Crippen molar-refractivity contribution in [2.45, 2.75) is 6.42 Å². The molecule has 0 amide bonds. The van der Waals surface area contributed by atoms with Gasteiger partial charge in [-0.25, -0.2) is 0 Å². The predicted molar refractivity (Wildman–Crippen MR) is 30.0 cm³/mol. The van der Waals surface area contributed by atoms with Gasteiger partial charge < -0.3 is 22.4 Å². The zero-order valence-corrected chi connectivity index (χ0v) is 6.86. The van der Waals surface area contributed by atoms with Crippen LogP contribution in [0.3, 0.4) is 0 Å². The smallest absolute Gasteiger partial charge is 0 e. The van der Waals surface area contributed by atoms with Crippen LogP contribution < -0.4 is 11.5 Å². The van der Waals surface area contributed by atoms with Crippen LogP contribution in [0, 0.1) is 0 Å². The monoisotopic (exact) mass is 305 g/mol. The van der Waals surface area contributed by atoms with Gasteiger partial charge in [-0.05, 0) is 19.5 Å². The summed E-state index contributed by atoms with van der Waals surface area (Å²) in [4.78, 5) is 0. The minimum Gasteiger partial charge on any atom is -0.412 e. The van der Waals surface area contributed by atoms with Crippen LogP contribution in [0.2, 0.25) is 0 Å². The molecule has 4 nitrogen and oxygen atoms in total. The van der Waals surface area contributed by atoms with Gasteiger partial charge in [0.05, 0.1) is 0 Å². The maximum absolute atomic E-state index is 5.06. The van der Waals surface area contributed by atoms with Gasteiger partial charge in [0.15, 0.2) is 0 Å². The van der Waals surface area contributed by atoms with Crippen LogP contribution in [0.4, 0.5) is 0 Å². The van der Waals surface area contributed by atoms with Crippen LogP contribution >= 0.6 is 0 Å². The molecule has 0 unspecified atom stereocenters. The summed E-state index contributed by atoms with van der Waals surface area (Å²) in [5, 5.41) is 0. The van der Waals surface area contributed by atoms with Gasteiger partial charge in [0.2, 0.25) is 0 Å². The minimum absolute atomic E-state index is 0. The fourth-order valence-electron chi connectivity index (χ4n) is 0.118. The second kappa shape index (κ2) is 25.8. The van der Waals surface area contributed by atoms with E-state index in [1.165, 1.54) is 0 Å². The molecule has 8 N–H and O–H groups in total. The van der Waals surface area contributed by atoms with E-state index < -0.39 is 0 Å². The number of nitrogens with two attached hydrogens (primary N) is 2. The summed E-state index contributed by atoms with van der Waals surface area (Å²) in [6, 6.07) is 0. The predicted octanol–water partition coefficient (Wildman–Crippen LogP) is -2.36. The Bertz CT molecular complexity index is 22.8. The van der Waals surface area contributed by atoms with Gasteiger partial charge in [-0.3, -0.25) is 0 Å². The molecule has 8 heavy (non-hydrogen) atoms. The maximum atomic E-state index is 5.06. The molecule has 0 aliphatic rings. The second-order valence-corrected chi connectivity index (χ2v) is 0.931. The molecule has 0 aromatic rings. The Morgan fingerprint density at radius 2 is 1.12 bits per heavy atom. The van der Waals surface area contributed by atoms with E-state index in [4.69, 9.17) is 11.5 Å². The van der Waals surface area contributed by atoms with E-state index in [9.17, 15) is 0 Å². The fourth-order valence-corrected chi connectivity index (χ4v) is 0.118. The maximum Gasteiger partial charge on any atom is 0 e. The van der Waals surface area contributed by atoms with Gasteiger partial charge in [-0.2, -0.15) is 0 Å². The van der Waals surface area contributed by atoms with Crippen molar-refractivity contribution in [3.63, 3.8) is 0 Å².